The molecule has 5 heteroatoms. The zero-order valence-electron chi connectivity index (χ0n) is 15.7. The molecule has 1 aromatic heterocycles. The Balaban J connectivity index is 1.34. The fraction of sp³-hybridized carbons (Fsp3) is 0.174. The molecule has 0 aliphatic heterocycles. The van der Waals surface area contributed by atoms with Crippen molar-refractivity contribution in [3.63, 3.8) is 0 Å². The van der Waals surface area contributed by atoms with Crippen molar-refractivity contribution in [1.82, 2.24) is 9.55 Å². The molecule has 1 N–H and O–H groups in total. The summed E-state index contributed by atoms with van der Waals surface area (Å²) in [6, 6.07) is 24.9. The highest BCUT2D eigenvalue weighted by molar-refractivity contribution is 5.75. The number of fused-ring (bicyclic) bond motifs is 1. The van der Waals surface area contributed by atoms with Crippen molar-refractivity contribution < 1.29 is 14.6 Å². The number of benzene rings is 3. The third-order valence-corrected chi connectivity index (χ3v) is 4.48. The van der Waals surface area contributed by atoms with E-state index in [-0.39, 0.29) is 6.61 Å². The number of imidazole rings is 1. The molecule has 0 saturated heterocycles. The highest BCUT2D eigenvalue weighted by Crippen LogP contribution is 2.23. The molecule has 0 fully saturated rings. The number of para-hydroxylation sites is 3. The molecular formula is C23H22N2O3. The summed E-state index contributed by atoms with van der Waals surface area (Å²) in [7, 11) is 0. The van der Waals surface area contributed by atoms with Crippen molar-refractivity contribution in [3.8, 4) is 17.2 Å². The number of aliphatic hydroxyl groups is 1. The van der Waals surface area contributed by atoms with Crippen LogP contribution in [0.4, 0.5) is 0 Å². The van der Waals surface area contributed by atoms with Gasteiger partial charge in [0.2, 0.25) is 0 Å². The third-order valence-electron chi connectivity index (χ3n) is 4.48. The lowest BCUT2D eigenvalue weighted by Gasteiger charge is -2.15. The molecule has 5 nitrogen and oxygen atoms in total. The van der Waals surface area contributed by atoms with E-state index in [9.17, 15) is 5.11 Å². The predicted molar refractivity (Wildman–Crippen MR) is 109 cm³/mol. The number of rotatable bonds is 7. The van der Waals surface area contributed by atoms with Crippen molar-refractivity contribution in [2.75, 3.05) is 6.61 Å². The molecule has 0 spiro atoms. The first-order chi connectivity index (χ1) is 13.7. The van der Waals surface area contributed by atoms with Crippen molar-refractivity contribution in [2.24, 2.45) is 0 Å². The number of nitrogens with zero attached hydrogens (tertiary/aromatic N) is 2. The van der Waals surface area contributed by atoms with Gasteiger partial charge in [-0.2, -0.15) is 0 Å². The lowest BCUT2D eigenvalue weighted by molar-refractivity contribution is 0.0929. The van der Waals surface area contributed by atoms with Gasteiger partial charge in [-0.25, -0.2) is 4.98 Å². The third kappa shape index (κ3) is 4.15. The second-order valence-electron chi connectivity index (χ2n) is 6.61. The Labute approximate surface area is 163 Å². The van der Waals surface area contributed by atoms with Gasteiger partial charge in [0.15, 0.2) is 0 Å². The monoisotopic (exact) mass is 374 g/mol. The van der Waals surface area contributed by atoms with Crippen LogP contribution in [0.3, 0.4) is 0 Å². The smallest absolute Gasteiger partial charge is 0.127 e. The summed E-state index contributed by atoms with van der Waals surface area (Å²) in [6.45, 7) is 2.57. The van der Waals surface area contributed by atoms with Crippen LogP contribution in [-0.4, -0.2) is 27.4 Å². The van der Waals surface area contributed by atoms with Crippen LogP contribution < -0.4 is 9.47 Å². The first-order valence-electron chi connectivity index (χ1n) is 9.25. The molecule has 0 radical (unpaired) electrons. The Hall–Kier alpha value is -3.31. The van der Waals surface area contributed by atoms with E-state index >= 15 is 0 Å². The molecular weight excluding hydrogens is 352 g/mol. The second-order valence-corrected chi connectivity index (χ2v) is 6.61. The zero-order valence-corrected chi connectivity index (χ0v) is 15.7. The second kappa shape index (κ2) is 8.15. The van der Waals surface area contributed by atoms with Crippen LogP contribution in [0.5, 0.6) is 17.2 Å². The van der Waals surface area contributed by atoms with Crippen molar-refractivity contribution in [1.29, 1.82) is 0 Å². The summed E-state index contributed by atoms with van der Waals surface area (Å²) in [5.41, 5.74) is 1.95. The average Bonchev–Trinajstić information content (AvgIpc) is 3.03. The maximum Gasteiger partial charge on any atom is 0.127 e. The molecule has 0 saturated carbocycles. The minimum Gasteiger partial charge on any atom is -0.491 e. The number of ether oxygens (including phenoxy) is 2. The fourth-order valence-corrected chi connectivity index (χ4v) is 3.11. The van der Waals surface area contributed by atoms with Gasteiger partial charge >= 0.3 is 0 Å². The topological polar surface area (TPSA) is 56.5 Å². The van der Waals surface area contributed by atoms with Gasteiger partial charge in [-0.3, -0.25) is 0 Å². The summed E-state index contributed by atoms with van der Waals surface area (Å²) >= 11 is 0. The zero-order chi connectivity index (χ0) is 19.3. The Morgan fingerprint density at radius 1 is 0.857 bits per heavy atom. The Morgan fingerprint density at radius 3 is 2.29 bits per heavy atom. The lowest BCUT2D eigenvalue weighted by Crippen LogP contribution is -2.24. The van der Waals surface area contributed by atoms with Crippen LogP contribution in [0.25, 0.3) is 11.0 Å². The van der Waals surface area contributed by atoms with E-state index in [1.54, 1.807) is 0 Å². The SMILES string of the molecule is Cc1nc2ccccc2n1CC(O)COc1ccc(Oc2ccccc2)cc1. The Bertz CT molecular complexity index is 1040. The van der Waals surface area contributed by atoms with Gasteiger partial charge in [-0.05, 0) is 55.5 Å². The quantitative estimate of drug-likeness (QED) is 0.515. The number of hydrogen-bond donors (Lipinski definition) is 1. The lowest BCUT2D eigenvalue weighted by atomic mass is 10.3. The van der Waals surface area contributed by atoms with E-state index in [1.165, 1.54) is 0 Å². The van der Waals surface area contributed by atoms with Crippen molar-refractivity contribution >= 4 is 11.0 Å². The predicted octanol–water partition coefficient (Wildman–Crippen LogP) is 4.58. The van der Waals surface area contributed by atoms with Crippen LogP contribution >= 0.6 is 0 Å². The maximum atomic E-state index is 10.4. The molecule has 0 aliphatic carbocycles. The molecule has 3 aromatic carbocycles. The highest BCUT2D eigenvalue weighted by atomic mass is 16.5. The molecule has 0 amide bonds. The van der Waals surface area contributed by atoms with Crippen LogP contribution in [-0.2, 0) is 6.54 Å². The number of aryl methyl sites for hydroxylation is 1. The maximum absolute atomic E-state index is 10.4. The molecule has 142 valence electrons. The van der Waals surface area contributed by atoms with E-state index < -0.39 is 6.10 Å². The average molecular weight is 374 g/mol. The van der Waals surface area contributed by atoms with E-state index in [0.717, 1.165) is 28.4 Å². The highest BCUT2D eigenvalue weighted by Gasteiger charge is 2.12. The normalized spacial score (nSPS) is 12.1. The Kier molecular flexibility index (Phi) is 5.26. The van der Waals surface area contributed by atoms with E-state index in [2.05, 4.69) is 4.98 Å². The standard InChI is InChI=1S/C23H22N2O3/c1-17-24-22-9-5-6-10-23(22)25(17)15-18(26)16-27-19-11-13-21(14-12-19)28-20-7-3-2-4-8-20/h2-14,18,26H,15-16H2,1H3. The summed E-state index contributed by atoms with van der Waals surface area (Å²) in [5.74, 6) is 3.09. The van der Waals surface area contributed by atoms with Gasteiger partial charge in [0.05, 0.1) is 17.6 Å². The minimum atomic E-state index is -0.642. The van der Waals surface area contributed by atoms with E-state index in [4.69, 9.17) is 9.47 Å². The molecule has 0 aliphatic rings. The molecule has 4 rings (SSSR count). The summed E-state index contributed by atoms with van der Waals surface area (Å²) < 4.78 is 13.5. The number of aromatic nitrogens is 2. The van der Waals surface area contributed by atoms with Crippen molar-refractivity contribution in [2.45, 2.75) is 19.6 Å². The summed E-state index contributed by atoms with van der Waals surface area (Å²) in [6.07, 6.45) is -0.642. The molecule has 0 bridgehead atoms. The summed E-state index contributed by atoms with van der Waals surface area (Å²) in [5, 5.41) is 10.4. The first-order valence-corrected chi connectivity index (χ1v) is 9.25. The molecule has 28 heavy (non-hydrogen) atoms. The number of hydrogen-bond acceptors (Lipinski definition) is 4. The van der Waals surface area contributed by atoms with E-state index in [0.29, 0.717) is 12.3 Å². The van der Waals surface area contributed by atoms with Gasteiger partial charge < -0.3 is 19.1 Å². The van der Waals surface area contributed by atoms with Gasteiger partial charge in [0, 0.05) is 0 Å². The van der Waals surface area contributed by atoms with E-state index in [1.807, 2.05) is 90.4 Å². The van der Waals surface area contributed by atoms with Crippen molar-refractivity contribution in [3.05, 3.63) is 84.7 Å². The van der Waals surface area contributed by atoms with Gasteiger partial charge in [-0.15, -0.1) is 0 Å². The van der Waals surface area contributed by atoms with Gasteiger partial charge in [0.25, 0.3) is 0 Å². The number of aliphatic hydroxyl groups excluding tert-OH is 1. The molecule has 1 heterocycles. The molecule has 4 aromatic rings. The fourth-order valence-electron chi connectivity index (χ4n) is 3.11. The van der Waals surface area contributed by atoms with Crippen LogP contribution in [0.2, 0.25) is 0 Å². The largest absolute Gasteiger partial charge is 0.491 e. The van der Waals surface area contributed by atoms with Gasteiger partial charge in [-0.1, -0.05) is 30.3 Å². The van der Waals surface area contributed by atoms with Crippen LogP contribution in [0, 0.1) is 6.92 Å². The van der Waals surface area contributed by atoms with Crippen LogP contribution in [0.15, 0.2) is 78.9 Å². The molecule has 1 unspecified atom stereocenters. The molecule has 1 atom stereocenters. The Morgan fingerprint density at radius 2 is 1.50 bits per heavy atom. The summed E-state index contributed by atoms with van der Waals surface area (Å²) in [4.78, 5) is 4.53. The minimum absolute atomic E-state index is 0.199. The first kappa shape index (κ1) is 18.1. The van der Waals surface area contributed by atoms with Crippen LogP contribution in [0.1, 0.15) is 5.82 Å². The van der Waals surface area contributed by atoms with Gasteiger partial charge in [0.1, 0.15) is 35.8 Å².